The van der Waals surface area contributed by atoms with Crippen molar-refractivity contribution in [1.82, 2.24) is 25.4 Å². The standard InChI is InChI=1S/C29H33N7O3/c1-28(2,3)25(33-17-10-11-21(37)31-14-17)27(39)36-15-19-22(29(19,4)5)24(36)26(38)34-20(12-30)23-18-9-7-6-8-16(18)13-32-35-23/h6-11,13-14,19-20,22,24-25,33H,15H2,1-5H3,(H,31,37)(H,34,38)/t19-,20?,22-,24-,25+/m0/s1. The number of carbonyl (C=O) groups is 2. The Morgan fingerprint density at radius 3 is 2.62 bits per heavy atom. The molecule has 1 unspecified atom stereocenters. The third-order valence-corrected chi connectivity index (χ3v) is 8.26. The van der Waals surface area contributed by atoms with Crippen LogP contribution in [0.4, 0.5) is 5.69 Å². The van der Waals surface area contributed by atoms with Crippen molar-refractivity contribution in [2.75, 3.05) is 11.9 Å². The summed E-state index contributed by atoms with van der Waals surface area (Å²) in [6.07, 6.45) is 3.15. The summed E-state index contributed by atoms with van der Waals surface area (Å²) >= 11 is 0. The van der Waals surface area contributed by atoms with Crippen LogP contribution >= 0.6 is 0 Å². The molecular formula is C29H33N7O3. The van der Waals surface area contributed by atoms with Crippen LogP contribution in [0.5, 0.6) is 0 Å². The molecule has 10 heteroatoms. The maximum absolute atomic E-state index is 14.1. The quantitative estimate of drug-likeness (QED) is 0.447. The minimum absolute atomic E-state index is 0.0203. The van der Waals surface area contributed by atoms with Gasteiger partial charge >= 0.3 is 0 Å². The third kappa shape index (κ3) is 4.73. The molecule has 202 valence electrons. The van der Waals surface area contributed by atoms with E-state index in [2.05, 4.69) is 45.7 Å². The number of likely N-dealkylation sites (tertiary alicyclic amines) is 1. The molecule has 2 aromatic heterocycles. The second kappa shape index (κ2) is 9.49. The lowest BCUT2D eigenvalue weighted by atomic mass is 9.85. The zero-order valence-electron chi connectivity index (χ0n) is 22.7. The van der Waals surface area contributed by atoms with Crippen molar-refractivity contribution in [1.29, 1.82) is 5.26 Å². The lowest BCUT2D eigenvalue weighted by Crippen LogP contribution is -2.56. The van der Waals surface area contributed by atoms with Crippen molar-refractivity contribution < 1.29 is 9.59 Å². The van der Waals surface area contributed by atoms with Gasteiger partial charge in [0.25, 0.3) is 0 Å². The van der Waals surface area contributed by atoms with Gasteiger partial charge in [0, 0.05) is 29.6 Å². The van der Waals surface area contributed by atoms with Crippen LogP contribution in [0, 0.1) is 34.0 Å². The SMILES string of the molecule is CC(C)(C)[C@H](Nc1ccc(=O)[nH]c1)C(=O)N1C[C@H]2[C@@H]([C@H]1C(=O)NC(C#N)c1nncc3ccccc13)C2(C)C. The highest BCUT2D eigenvalue weighted by Gasteiger charge is 2.69. The maximum atomic E-state index is 14.1. The van der Waals surface area contributed by atoms with Crippen LogP contribution < -0.4 is 16.2 Å². The summed E-state index contributed by atoms with van der Waals surface area (Å²) < 4.78 is 0. The number of pyridine rings is 1. The van der Waals surface area contributed by atoms with Crippen LogP contribution in [-0.4, -0.2) is 50.5 Å². The van der Waals surface area contributed by atoms with E-state index < -0.39 is 23.5 Å². The topological polar surface area (TPSA) is 144 Å². The summed E-state index contributed by atoms with van der Waals surface area (Å²) in [6.45, 7) is 10.5. The highest BCUT2D eigenvalue weighted by Crippen LogP contribution is 2.65. The zero-order chi connectivity index (χ0) is 28.1. The zero-order valence-corrected chi connectivity index (χ0v) is 22.7. The highest BCUT2D eigenvalue weighted by molar-refractivity contribution is 5.94. The average Bonchev–Trinajstić information content (AvgIpc) is 3.22. The number of nitriles is 1. The fourth-order valence-electron chi connectivity index (χ4n) is 5.95. The predicted octanol–water partition coefficient (Wildman–Crippen LogP) is 3.01. The lowest BCUT2D eigenvalue weighted by Gasteiger charge is -2.38. The number of nitrogens with one attached hydrogen (secondary N) is 3. The van der Waals surface area contributed by atoms with Crippen LogP contribution in [0.3, 0.4) is 0 Å². The molecule has 1 aromatic carbocycles. The van der Waals surface area contributed by atoms with Gasteiger partial charge in [0.15, 0.2) is 6.04 Å². The van der Waals surface area contributed by atoms with Crippen molar-refractivity contribution in [3.63, 3.8) is 0 Å². The van der Waals surface area contributed by atoms with E-state index in [4.69, 9.17) is 0 Å². The summed E-state index contributed by atoms with van der Waals surface area (Å²) in [4.78, 5) is 43.8. The van der Waals surface area contributed by atoms with Gasteiger partial charge in [0.1, 0.15) is 17.8 Å². The molecule has 1 saturated heterocycles. The number of carbonyl (C=O) groups excluding carboxylic acids is 2. The van der Waals surface area contributed by atoms with Crippen molar-refractivity contribution >= 4 is 28.3 Å². The minimum Gasteiger partial charge on any atom is -0.372 e. The molecule has 3 aromatic rings. The van der Waals surface area contributed by atoms with Crippen molar-refractivity contribution in [2.45, 2.75) is 52.7 Å². The normalized spacial score (nSPS) is 22.9. The van der Waals surface area contributed by atoms with Gasteiger partial charge in [-0.25, -0.2) is 0 Å². The molecule has 2 fully saturated rings. The summed E-state index contributed by atoms with van der Waals surface area (Å²) in [5, 5.41) is 25.9. The van der Waals surface area contributed by atoms with Crippen LogP contribution in [-0.2, 0) is 9.59 Å². The number of hydrogen-bond donors (Lipinski definition) is 3. The summed E-state index contributed by atoms with van der Waals surface area (Å²) in [5.41, 5.74) is 0.153. The fourth-order valence-corrected chi connectivity index (χ4v) is 5.95. The van der Waals surface area contributed by atoms with E-state index in [-0.39, 0.29) is 34.6 Å². The Morgan fingerprint density at radius 2 is 1.95 bits per heavy atom. The molecule has 0 radical (unpaired) electrons. The Kier molecular flexibility index (Phi) is 6.41. The third-order valence-electron chi connectivity index (χ3n) is 8.26. The molecule has 5 atom stereocenters. The molecule has 1 aliphatic heterocycles. The molecule has 2 aliphatic rings. The smallest absolute Gasteiger partial charge is 0.248 e. The van der Waals surface area contributed by atoms with E-state index in [1.54, 1.807) is 17.2 Å². The summed E-state index contributed by atoms with van der Waals surface area (Å²) in [7, 11) is 0. The second-order valence-corrected chi connectivity index (χ2v) is 12.2. The van der Waals surface area contributed by atoms with Gasteiger partial charge in [-0.3, -0.25) is 14.4 Å². The van der Waals surface area contributed by atoms with E-state index in [1.807, 2.05) is 45.0 Å². The van der Waals surface area contributed by atoms with Gasteiger partial charge in [-0.1, -0.05) is 58.9 Å². The Bertz CT molecular complexity index is 1510. The van der Waals surface area contributed by atoms with Crippen LogP contribution in [0.25, 0.3) is 10.8 Å². The number of aromatic nitrogens is 3. The molecule has 5 rings (SSSR count). The lowest BCUT2D eigenvalue weighted by molar-refractivity contribution is -0.142. The molecule has 0 bridgehead atoms. The number of fused-ring (bicyclic) bond motifs is 2. The Balaban J connectivity index is 1.43. The number of aromatic amines is 1. The number of amides is 2. The maximum Gasteiger partial charge on any atom is 0.248 e. The average molecular weight is 528 g/mol. The van der Waals surface area contributed by atoms with Crippen LogP contribution in [0.2, 0.25) is 0 Å². The number of anilines is 1. The highest BCUT2D eigenvalue weighted by atomic mass is 16.2. The first kappa shape index (κ1) is 26.4. The molecule has 10 nitrogen and oxygen atoms in total. The van der Waals surface area contributed by atoms with E-state index in [9.17, 15) is 19.6 Å². The molecular weight excluding hydrogens is 494 g/mol. The first-order chi connectivity index (χ1) is 18.4. The Hall–Kier alpha value is -4.26. The van der Waals surface area contributed by atoms with Gasteiger partial charge in [-0.2, -0.15) is 15.5 Å². The van der Waals surface area contributed by atoms with Gasteiger partial charge in [-0.05, 0) is 28.7 Å². The van der Waals surface area contributed by atoms with E-state index in [1.165, 1.54) is 12.3 Å². The minimum atomic E-state index is -1.02. The summed E-state index contributed by atoms with van der Waals surface area (Å²) in [6, 6.07) is 10.2. The number of H-pyrrole nitrogens is 1. The molecule has 0 spiro atoms. The molecule has 3 N–H and O–H groups in total. The number of nitrogens with zero attached hydrogens (tertiary/aromatic N) is 4. The molecule has 1 saturated carbocycles. The van der Waals surface area contributed by atoms with Crippen molar-refractivity contribution in [3.8, 4) is 6.07 Å². The second-order valence-electron chi connectivity index (χ2n) is 12.2. The van der Waals surface area contributed by atoms with Gasteiger partial charge < -0.3 is 20.5 Å². The van der Waals surface area contributed by atoms with E-state index >= 15 is 0 Å². The predicted molar refractivity (Wildman–Crippen MR) is 146 cm³/mol. The van der Waals surface area contributed by atoms with Crippen molar-refractivity contribution in [2.24, 2.45) is 22.7 Å². The number of benzene rings is 1. The van der Waals surface area contributed by atoms with Crippen LogP contribution in [0.15, 0.2) is 53.6 Å². The van der Waals surface area contributed by atoms with Crippen LogP contribution in [0.1, 0.15) is 46.4 Å². The summed E-state index contributed by atoms with van der Waals surface area (Å²) in [5.74, 6) is -0.411. The largest absolute Gasteiger partial charge is 0.372 e. The number of rotatable bonds is 6. The molecule has 39 heavy (non-hydrogen) atoms. The number of piperidine rings is 1. The molecule has 1 aliphatic carbocycles. The van der Waals surface area contributed by atoms with Gasteiger partial charge in [0.05, 0.1) is 18.0 Å². The molecule has 3 heterocycles. The fraction of sp³-hybridized carbons (Fsp3) is 0.448. The van der Waals surface area contributed by atoms with Crippen molar-refractivity contribution in [3.05, 3.63) is 64.8 Å². The van der Waals surface area contributed by atoms with E-state index in [0.29, 0.717) is 17.9 Å². The first-order valence-electron chi connectivity index (χ1n) is 13.1. The Labute approximate surface area is 226 Å². The van der Waals surface area contributed by atoms with E-state index in [0.717, 1.165) is 10.8 Å². The molecule has 2 amide bonds. The van der Waals surface area contributed by atoms with Gasteiger partial charge in [-0.15, -0.1) is 0 Å². The first-order valence-corrected chi connectivity index (χ1v) is 13.1. The Morgan fingerprint density at radius 1 is 1.21 bits per heavy atom. The van der Waals surface area contributed by atoms with Gasteiger partial charge in [0.2, 0.25) is 17.4 Å². The number of hydrogen-bond acceptors (Lipinski definition) is 7. The monoisotopic (exact) mass is 527 g/mol.